The molecule has 0 aromatic heterocycles. The Bertz CT molecular complexity index is 461. The Hall–Kier alpha value is -0.780. The zero-order valence-corrected chi connectivity index (χ0v) is 14.3. The number of aliphatic hydroxyl groups is 1. The molecule has 0 radical (unpaired) electrons. The van der Waals surface area contributed by atoms with Gasteiger partial charge in [0.1, 0.15) is 6.10 Å². The number of hydrogen-bond donors (Lipinski definition) is 2. The summed E-state index contributed by atoms with van der Waals surface area (Å²) in [4.78, 5) is 0. The molecule has 1 saturated carbocycles. The molecule has 1 atom stereocenters. The minimum Gasteiger partial charge on any atom is -0.493 e. The van der Waals surface area contributed by atoms with Crippen molar-refractivity contribution < 1.29 is 14.6 Å². The Labute approximate surface area is 135 Å². The molecule has 4 nitrogen and oxygen atoms in total. The summed E-state index contributed by atoms with van der Waals surface area (Å²) in [5.74, 6) is 1.33. The van der Waals surface area contributed by atoms with E-state index < -0.39 is 0 Å². The summed E-state index contributed by atoms with van der Waals surface area (Å²) in [5.41, 5.74) is 1.16. The van der Waals surface area contributed by atoms with E-state index in [1.807, 2.05) is 19.1 Å². The van der Waals surface area contributed by atoms with Crippen molar-refractivity contribution in [2.45, 2.75) is 51.3 Å². The molecular formula is C16H24BrNO3. The van der Waals surface area contributed by atoms with E-state index in [2.05, 4.69) is 21.2 Å². The summed E-state index contributed by atoms with van der Waals surface area (Å²) in [5, 5.41) is 12.7. The number of halogens is 1. The number of ether oxygens (including phenoxy) is 2. The van der Waals surface area contributed by atoms with Crippen LogP contribution in [0.3, 0.4) is 0 Å². The van der Waals surface area contributed by atoms with Gasteiger partial charge in [0.05, 0.1) is 18.2 Å². The predicted molar refractivity (Wildman–Crippen MR) is 87.0 cm³/mol. The van der Waals surface area contributed by atoms with Crippen molar-refractivity contribution >= 4 is 15.9 Å². The van der Waals surface area contributed by atoms with Gasteiger partial charge in [0.25, 0.3) is 0 Å². The molecule has 0 spiro atoms. The van der Waals surface area contributed by atoms with E-state index in [-0.39, 0.29) is 12.7 Å². The number of hydrogen-bond acceptors (Lipinski definition) is 4. The van der Waals surface area contributed by atoms with Crippen molar-refractivity contribution in [2.24, 2.45) is 0 Å². The van der Waals surface area contributed by atoms with Crippen LogP contribution in [0.15, 0.2) is 16.6 Å². The minimum absolute atomic E-state index is 0.0272. The minimum atomic E-state index is -0.266. The van der Waals surface area contributed by atoms with Crippen LogP contribution in [0.25, 0.3) is 0 Å². The van der Waals surface area contributed by atoms with Crippen LogP contribution in [0.1, 0.15) is 38.2 Å². The molecule has 1 aliphatic carbocycles. The van der Waals surface area contributed by atoms with Gasteiger partial charge in [-0.25, -0.2) is 0 Å². The topological polar surface area (TPSA) is 50.7 Å². The van der Waals surface area contributed by atoms with Gasteiger partial charge < -0.3 is 19.9 Å². The van der Waals surface area contributed by atoms with Crippen LogP contribution in [0.4, 0.5) is 0 Å². The number of benzene rings is 1. The molecule has 1 aliphatic rings. The van der Waals surface area contributed by atoms with E-state index in [1.54, 1.807) is 7.11 Å². The normalized spacial score (nSPS) is 17.0. The Morgan fingerprint density at radius 1 is 1.38 bits per heavy atom. The fourth-order valence-corrected chi connectivity index (χ4v) is 3.20. The largest absolute Gasteiger partial charge is 0.493 e. The molecule has 118 valence electrons. The molecule has 0 unspecified atom stereocenters. The van der Waals surface area contributed by atoms with Gasteiger partial charge in [-0.05, 0) is 53.4 Å². The standard InChI is InChI=1S/C16H24BrNO3/c1-11(10-19)21-16-14(17)7-12(8-15(16)20-2)9-18-13-5-3-4-6-13/h7-8,11,13,18-19H,3-6,9-10H2,1-2H3/t11-/m0/s1. The molecule has 1 aromatic carbocycles. The lowest BCUT2D eigenvalue weighted by Gasteiger charge is -2.18. The van der Waals surface area contributed by atoms with Crippen molar-refractivity contribution in [3.05, 3.63) is 22.2 Å². The Morgan fingerprint density at radius 2 is 2.10 bits per heavy atom. The summed E-state index contributed by atoms with van der Waals surface area (Å²) in [6, 6.07) is 4.68. The quantitative estimate of drug-likeness (QED) is 0.786. The predicted octanol–water partition coefficient (Wildman–Crippen LogP) is 3.25. The van der Waals surface area contributed by atoms with Crippen LogP contribution in [-0.4, -0.2) is 31.0 Å². The van der Waals surface area contributed by atoms with Gasteiger partial charge in [0.15, 0.2) is 11.5 Å². The first kappa shape index (κ1) is 16.6. The molecule has 0 aliphatic heterocycles. The molecule has 2 rings (SSSR count). The molecule has 1 fully saturated rings. The summed E-state index contributed by atoms with van der Waals surface area (Å²) >= 11 is 3.54. The first-order valence-electron chi connectivity index (χ1n) is 7.51. The van der Waals surface area contributed by atoms with E-state index in [0.717, 1.165) is 16.6 Å². The second kappa shape index (κ2) is 8.01. The first-order valence-corrected chi connectivity index (χ1v) is 8.30. The number of aliphatic hydroxyl groups excluding tert-OH is 1. The fraction of sp³-hybridized carbons (Fsp3) is 0.625. The lowest BCUT2D eigenvalue weighted by atomic mass is 10.1. The average molecular weight is 358 g/mol. The molecule has 0 saturated heterocycles. The number of methoxy groups -OCH3 is 1. The van der Waals surface area contributed by atoms with Gasteiger partial charge >= 0.3 is 0 Å². The third kappa shape index (κ3) is 4.59. The monoisotopic (exact) mass is 357 g/mol. The summed E-state index contributed by atoms with van der Waals surface area (Å²) in [7, 11) is 1.63. The Balaban J connectivity index is 2.07. The van der Waals surface area contributed by atoms with Crippen LogP contribution in [0.5, 0.6) is 11.5 Å². The summed E-state index contributed by atoms with van der Waals surface area (Å²) in [6.07, 6.45) is 4.94. The second-order valence-electron chi connectivity index (χ2n) is 5.58. The van der Waals surface area contributed by atoms with Crippen LogP contribution < -0.4 is 14.8 Å². The van der Waals surface area contributed by atoms with Gasteiger partial charge in [0.2, 0.25) is 0 Å². The van der Waals surface area contributed by atoms with Crippen LogP contribution in [0.2, 0.25) is 0 Å². The zero-order chi connectivity index (χ0) is 15.2. The van der Waals surface area contributed by atoms with E-state index in [4.69, 9.17) is 14.6 Å². The third-order valence-electron chi connectivity index (χ3n) is 3.82. The Morgan fingerprint density at radius 3 is 2.71 bits per heavy atom. The van der Waals surface area contributed by atoms with Crippen LogP contribution in [0, 0.1) is 0 Å². The van der Waals surface area contributed by atoms with Crippen molar-refractivity contribution in [3.8, 4) is 11.5 Å². The second-order valence-corrected chi connectivity index (χ2v) is 6.44. The molecule has 2 N–H and O–H groups in total. The van der Waals surface area contributed by atoms with Crippen molar-refractivity contribution in [3.63, 3.8) is 0 Å². The maximum atomic E-state index is 9.12. The maximum Gasteiger partial charge on any atom is 0.175 e. The lowest BCUT2D eigenvalue weighted by Crippen LogP contribution is -2.25. The molecular weight excluding hydrogens is 334 g/mol. The van der Waals surface area contributed by atoms with Gasteiger partial charge in [-0.15, -0.1) is 0 Å². The van der Waals surface area contributed by atoms with Gasteiger partial charge in [-0.3, -0.25) is 0 Å². The molecule has 0 amide bonds. The van der Waals surface area contributed by atoms with E-state index in [9.17, 15) is 0 Å². The lowest BCUT2D eigenvalue weighted by molar-refractivity contribution is 0.125. The number of nitrogens with one attached hydrogen (secondary N) is 1. The van der Waals surface area contributed by atoms with E-state index in [0.29, 0.717) is 17.5 Å². The average Bonchev–Trinajstić information content (AvgIpc) is 3.00. The van der Waals surface area contributed by atoms with Gasteiger partial charge in [0, 0.05) is 12.6 Å². The maximum absolute atomic E-state index is 9.12. The van der Waals surface area contributed by atoms with Gasteiger partial charge in [-0.1, -0.05) is 12.8 Å². The van der Waals surface area contributed by atoms with Crippen molar-refractivity contribution in [1.29, 1.82) is 0 Å². The third-order valence-corrected chi connectivity index (χ3v) is 4.40. The molecule has 1 aromatic rings. The number of rotatable bonds is 7. The first-order chi connectivity index (χ1) is 10.1. The van der Waals surface area contributed by atoms with E-state index in [1.165, 1.54) is 25.7 Å². The molecule has 0 heterocycles. The van der Waals surface area contributed by atoms with Crippen molar-refractivity contribution in [2.75, 3.05) is 13.7 Å². The highest BCUT2D eigenvalue weighted by molar-refractivity contribution is 9.10. The summed E-state index contributed by atoms with van der Waals surface area (Å²) < 4.78 is 12.0. The SMILES string of the molecule is COc1cc(CNC2CCCC2)cc(Br)c1O[C@@H](C)CO. The highest BCUT2D eigenvalue weighted by Gasteiger charge is 2.17. The highest BCUT2D eigenvalue weighted by Crippen LogP contribution is 2.37. The zero-order valence-electron chi connectivity index (χ0n) is 12.7. The van der Waals surface area contributed by atoms with Crippen LogP contribution in [-0.2, 0) is 6.54 Å². The van der Waals surface area contributed by atoms with Crippen LogP contribution >= 0.6 is 15.9 Å². The smallest absolute Gasteiger partial charge is 0.175 e. The fourth-order valence-electron chi connectivity index (χ4n) is 2.62. The molecule has 0 bridgehead atoms. The van der Waals surface area contributed by atoms with Gasteiger partial charge in [-0.2, -0.15) is 0 Å². The summed E-state index contributed by atoms with van der Waals surface area (Å²) in [6.45, 7) is 2.62. The highest BCUT2D eigenvalue weighted by atomic mass is 79.9. The van der Waals surface area contributed by atoms with Crippen molar-refractivity contribution in [1.82, 2.24) is 5.32 Å². The Kier molecular flexibility index (Phi) is 6.33. The molecule has 21 heavy (non-hydrogen) atoms. The van der Waals surface area contributed by atoms with E-state index >= 15 is 0 Å². The molecule has 5 heteroatoms.